The molecule has 0 radical (unpaired) electrons. The van der Waals surface area contributed by atoms with Crippen molar-refractivity contribution in [1.82, 2.24) is 4.90 Å². The van der Waals surface area contributed by atoms with E-state index in [9.17, 15) is 5.11 Å². The molecule has 1 aliphatic heterocycles. The number of nitrogens with two attached hydrogens (primary N) is 1. The van der Waals surface area contributed by atoms with Gasteiger partial charge >= 0.3 is 0 Å². The number of piperidine rings is 1. The van der Waals surface area contributed by atoms with Gasteiger partial charge in [-0.05, 0) is 62.5 Å². The predicted octanol–water partition coefficient (Wildman–Crippen LogP) is 1.86. The lowest BCUT2D eigenvalue weighted by atomic mass is 9.91. The van der Waals surface area contributed by atoms with Gasteiger partial charge in [0.25, 0.3) is 0 Å². The van der Waals surface area contributed by atoms with Crippen LogP contribution in [0.2, 0.25) is 0 Å². The van der Waals surface area contributed by atoms with E-state index in [2.05, 4.69) is 11.9 Å². The SMILES string of the molecule is CN1CCCC(Cc2cc(O)ccc2N)C1. The molecule has 0 saturated carbocycles. The zero-order valence-electron chi connectivity index (χ0n) is 9.82. The van der Waals surface area contributed by atoms with Crippen LogP contribution in [0.25, 0.3) is 0 Å². The number of nitrogens with zero attached hydrogens (tertiary/aromatic N) is 1. The first-order chi connectivity index (χ1) is 7.65. The molecule has 1 aromatic rings. The van der Waals surface area contributed by atoms with E-state index in [0.717, 1.165) is 24.2 Å². The van der Waals surface area contributed by atoms with Crippen molar-refractivity contribution < 1.29 is 5.11 Å². The summed E-state index contributed by atoms with van der Waals surface area (Å²) in [5, 5.41) is 9.45. The van der Waals surface area contributed by atoms with Crippen LogP contribution >= 0.6 is 0 Å². The first-order valence-corrected chi connectivity index (χ1v) is 5.91. The summed E-state index contributed by atoms with van der Waals surface area (Å²) in [6.07, 6.45) is 3.50. The van der Waals surface area contributed by atoms with Gasteiger partial charge in [0.2, 0.25) is 0 Å². The highest BCUT2D eigenvalue weighted by molar-refractivity contribution is 5.50. The molecule has 1 aliphatic rings. The quantitative estimate of drug-likeness (QED) is 0.591. The lowest BCUT2D eigenvalue weighted by molar-refractivity contribution is 0.209. The number of anilines is 1. The van der Waals surface area contributed by atoms with Crippen molar-refractivity contribution in [2.75, 3.05) is 25.9 Å². The van der Waals surface area contributed by atoms with Gasteiger partial charge in [-0.3, -0.25) is 0 Å². The Hall–Kier alpha value is -1.22. The number of benzene rings is 1. The highest BCUT2D eigenvalue weighted by atomic mass is 16.3. The van der Waals surface area contributed by atoms with E-state index in [1.54, 1.807) is 18.2 Å². The van der Waals surface area contributed by atoms with Crippen LogP contribution < -0.4 is 5.73 Å². The zero-order chi connectivity index (χ0) is 11.5. The van der Waals surface area contributed by atoms with Crippen LogP contribution in [-0.4, -0.2) is 30.1 Å². The number of likely N-dealkylation sites (tertiary alicyclic amines) is 1. The maximum absolute atomic E-state index is 9.45. The Labute approximate surface area is 96.9 Å². The molecule has 0 aromatic heterocycles. The van der Waals surface area contributed by atoms with Gasteiger partial charge in [0.05, 0.1) is 0 Å². The minimum atomic E-state index is 0.313. The van der Waals surface area contributed by atoms with Crippen LogP contribution in [0.1, 0.15) is 18.4 Å². The molecular formula is C13H20N2O. The molecule has 1 aromatic carbocycles. The van der Waals surface area contributed by atoms with Crippen molar-refractivity contribution in [3.8, 4) is 5.75 Å². The third-order valence-corrected chi connectivity index (χ3v) is 3.36. The number of rotatable bonds is 2. The van der Waals surface area contributed by atoms with Crippen molar-refractivity contribution in [2.24, 2.45) is 5.92 Å². The number of aromatic hydroxyl groups is 1. The second-order valence-corrected chi connectivity index (χ2v) is 4.86. The second kappa shape index (κ2) is 4.74. The van der Waals surface area contributed by atoms with Crippen LogP contribution in [0.4, 0.5) is 5.69 Å². The summed E-state index contributed by atoms with van der Waals surface area (Å²) in [6.45, 7) is 2.33. The number of hydrogen-bond donors (Lipinski definition) is 2. The van der Waals surface area contributed by atoms with Gasteiger partial charge in [-0.25, -0.2) is 0 Å². The molecular weight excluding hydrogens is 200 g/mol. The van der Waals surface area contributed by atoms with Gasteiger partial charge < -0.3 is 15.7 Å². The van der Waals surface area contributed by atoms with E-state index in [1.807, 2.05) is 0 Å². The average Bonchev–Trinajstić information content (AvgIpc) is 2.24. The van der Waals surface area contributed by atoms with Gasteiger partial charge in [0, 0.05) is 12.2 Å². The summed E-state index contributed by atoms with van der Waals surface area (Å²) < 4.78 is 0. The lowest BCUT2D eigenvalue weighted by Crippen LogP contribution is -2.33. The monoisotopic (exact) mass is 220 g/mol. The molecule has 0 aliphatic carbocycles. The minimum Gasteiger partial charge on any atom is -0.508 e. The third kappa shape index (κ3) is 2.67. The fraction of sp³-hybridized carbons (Fsp3) is 0.538. The summed E-state index contributed by atoms with van der Waals surface area (Å²) in [7, 11) is 2.16. The van der Waals surface area contributed by atoms with Gasteiger partial charge in [-0.2, -0.15) is 0 Å². The molecule has 3 heteroatoms. The number of nitrogen functional groups attached to an aromatic ring is 1. The summed E-state index contributed by atoms with van der Waals surface area (Å²) in [5.74, 6) is 0.983. The molecule has 1 saturated heterocycles. The van der Waals surface area contributed by atoms with Gasteiger partial charge in [-0.1, -0.05) is 0 Å². The standard InChI is InChI=1S/C13H20N2O/c1-15-6-2-3-10(9-15)7-11-8-12(16)4-5-13(11)14/h4-5,8,10,16H,2-3,6-7,9,14H2,1H3. The fourth-order valence-corrected chi connectivity index (χ4v) is 2.52. The Bertz CT molecular complexity index is 365. The Morgan fingerprint density at radius 2 is 2.31 bits per heavy atom. The molecule has 1 heterocycles. The van der Waals surface area contributed by atoms with Crippen molar-refractivity contribution in [3.05, 3.63) is 23.8 Å². The van der Waals surface area contributed by atoms with Crippen molar-refractivity contribution in [3.63, 3.8) is 0 Å². The zero-order valence-corrected chi connectivity index (χ0v) is 9.82. The van der Waals surface area contributed by atoms with E-state index >= 15 is 0 Å². The van der Waals surface area contributed by atoms with Gasteiger partial charge in [0.1, 0.15) is 5.75 Å². The summed E-state index contributed by atoms with van der Waals surface area (Å²) in [4.78, 5) is 2.37. The molecule has 16 heavy (non-hydrogen) atoms. The smallest absolute Gasteiger partial charge is 0.116 e. The number of phenols is 1. The van der Waals surface area contributed by atoms with Crippen LogP contribution in [0.15, 0.2) is 18.2 Å². The van der Waals surface area contributed by atoms with Crippen molar-refractivity contribution in [1.29, 1.82) is 0 Å². The summed E-state index contributed by atoms with van der Waals surface area (Å²) in [6, 6.07) is 5.23. The summed E-state index contributed by atoms with van der Waals surface area (Å²) in [5.41, 5.74) is 7.80. The Morgan fingerprint density at radius 1 is 1.50 bits per heavy atom. The lowest BCUT2D eigenvalue weighted by Gasteiger charge is -2.30. The van der Waals surface area contributed by atoms with E-state index in [4.69, 9.17) is 5.73 Å². The normalized spacial score (nSPS) is 22.2. The summed E-state index contributed by atoms with van der Waals surface area (Å²) >= 11 is 0. The fourth-order valence-electron chi connectivity index (χ4n) is 2.52. The molecule has 0 bridgehead atoms. The molecule has 1 atom stereocenters. The van der Waals surface area contributed by atoms with E-state index in [0.29, 0.717) is 11.7 Å². The Balaban J connectivity index is 2.05. The minimum absolute atomic E-state index is 0.313. The second-order valence-electron chi connectivity index (χ2n) is 4.86. The van der Waals surface area contributed by atoms with E-state index in [1.165, 1.54) is 19.4 Å². The topological polar surface area (TPSA) is 49.5 Å². The van der Waals surface area contributed by atoms with Crippen LogP contribution in [0.5, 0.6) is 5.75 Å². The van der Waals surface area contributed by atoms with Crippen LogP contribution in [0, 0.1) is 5.92 Å². The first kappa shape index (κ1) is 11.3. The average molecular weight is 220 g/mol. The molecule has 1 unspecified atom stereocenters. The maximum Gasteiger partial charge on any atom is 0.116 e. The largest absolute Gasteiger partial charge is 0.508 e. The number of hydrogen-bond acceptors (Lipinski definition) is 3. The van der Waals surface area contributed by atoms with E-state index in [-0.39, 0.29) is 0 Å². The highest BCUT2D eigenvalue weighted by Gasteiger charge is 2.18. The third-order valence-electron chi connectivity index (χ3n) is 3.36. The van der Waals surface area contributed by atoms with Crippen LogP contribution in [0.3, 0.4) is 0 Å². The molecule has 2 rings (SSSR count). The van der Waals surface area contributed by atoms with Crippen LogP contribution in [-0.2, 0) is 6.42 Å². The number of phenolic OH excluding ortho intramolecular Hbond substituents is 1. The van der Waals surface area contributed by atoms with E-state index < -0.39 is 0 Å². The predicted molar refractivity (Wildman–Crippen MR) is 66.4 cm³/mol. The highest BCUT2D eigenvalue weighted by Crippen LogP contribution is 2.25. The molecule has 88 valence electrons. The van der Waals surface area contributed by atoms with Crippen molar-refractivity contribution >= 4 is 5.69 Å². The Kier molecular flexibility index (Phi) is 3.34. The van der Waals surface area contributed by atoms with Crippen molar-refractivity contribution in [2.45, 2.75) is 19.3 Å². The maximum atomic E-state index is 9.45. The van der Waals surface area contributed by atoms with Gasteiger partial charge in [-0.15, -0.1) is 0 Å². The molecule has 3 nitrogen and oxygen atoms in total. The molecule has 0 spiro atoms. The first-order valence-electron chi connectivity index (χ1n) is 5.91. The molecule has 0 amide bonds. The molecule has 1 fully saturated rings. The van der Waals surface area contributed by atoms with Gasteiger partial charge in [0.15, 0.2) is 0 Å². The molecule has 3 N–H and O–H groups in total. The Morgan fingerprint density at radius 3 is 3.06 bits per heavy atom.